The molecular formula is C9H9F3N2O2. The maximum atomic E-state index is 12.5. The Labute approximate surface area is 89.0 Å². The Morgan fingerprint density at radius 3 is 2.62 bits per heavy atom. The molecule has 0 amide bonds. The maximum Gasteiger partial charge on any atom is 0.422 e. The zero-order chi connectivity index (χ0) is 12.3. The topological polar surface area (TPSA) is 71.0 Å². The largest absolute Gasteiger partial charge is 0.619 e. The van der Waals surface area contributed by atoms with Crippen molar-refractivity contribution in [2.45, 2.75) is 12.6 Å². The summed E-state index contributed by atoms with van der Waals surface area (Å²) in [5, 5.41) is 26.5. The highest BCUT2D eigenvalue weighted by atomic mass is 19.4. The Bertz CT molecular complexity index is 404. The lowest BCUT2D eigenvalue weighted by Gasteiger charge is -2.11. The van der Waals surface area contributed by atoms with E-state index < -0.39 is 18.3 Å². The summed E-state index contributed by atoms with van der Waals surface area (Å²) in [5.41, 5.74) is -1.52. The van der Waals surface area contributed by atoms with Crippen LogP contribution in [-0.4, -0.2) is 17.4 Å². The molecule has 0 spiro atoms. The molecule has 16 heavy (non-hydrogen) atoms. The van der Waals surface area contributed by atoms with Gasteiger partial charge in [-0.3, -0.25) is 0 Å². The van der Waals surface area contributed by atoms with Crippen LogP contribution >= 0.6 is 0 Å². The van der Waals surface area contributed by atoms with Gasteiger partial charge in [0.1, 0.15) is 5.56 Å². The Kier molecular flexibility index (Phi) is 3.48. The van der Waals surface area contributed by atoms with Gasteiger partial charge in [-0.05, 0) is 5.56 Å². The summed E-state index contributed by atoms with van der Waals surface area (Å²) in [5.74, 6) is 0. The molecule has 0 saturated carbocycles. The van der Waals surface area contributed by atoms with Crippen LogP contribution in [0.4, 0.5) is 13.2 Å². The number of alkyl halides is 3. The summed E-state index contributed by atoms with van der Waals surface area (Å²) in [6.45, 7) is -0.608. The van der Waals surface area contributed by atoms with E-state index in [4.69, 9.17) is 10.5 Å². The quantitative estimate of drug-likeness (QED) is 0.463. The van der Waals surface area contributed by atoms with Crippen molar-refractivity contribution < 1.29 is 23.0 Å². The zero-order valence-corrected chi connectivity index (χ0v) is 8.08. The standard InChI is InChI=1S/C9H9F3N2O2/c10-9(11,12)8-4-14(16)2-1-6(8)3-7(13)5-15/h1-2,4,13,15H,3,5H2. The second-order valence-electron chi connectivity index (χ2n) is 3.18. The summed E-state index contributed by atoms with van der Waals surface area (Å²) in [4.78, 5) is 0. The molecule has 0 atom stereocenters. The molecule has 2 N–H and O–H groups in total. The number of nitrogens with zero attached hydrogens (tertiary/aromatic N) is 1. The van der Waals surface area contributed by atoms with Crippen molar-refractivity contribution in [1.29, 1.82) is 5.41 Å². The lowest BCUT2D eigenvalue weighted by Crippen LogP contribution is -2.29. The van der Waals surface area contributed by atoms with Gasteiger partial charge in [0.15, 0.2) is 12.4 Å². The van der Waals surface area contributed by atoms with Crippen molar-refractivity contribution in [3.05, 3.63) is 34.8 Å². The van der Waals surface area contributed by atoms with E-state index in [1.54, 1.807) is 0 Å². The van der Waals surface area contributed by atoms with Gasteiger partial charge in [0.25, 0.3) is 0 Å². The van der Waals surface area contributed by atoms with Crippen molar-refractivity contribution >= 4 is 5.71 Å². The summed E-state index contributed by atoms with van der Waals surface area (Å²) < 4.78 is 37.5. The van der Waals surface area contributed by atoms with Gasteiger partial charge in [0, 0.05) is 18.2 Å². The van der Waals surface area contributed by atoms with Crippen LogP contribution < -0.4 is 4.73 Å². The van der Waals surface area contributed by atoms with E-state index in [1.165, 1.54) is 0 Å². The molecule has 0 radical (unpaired) electrons. The summed E-state index contributed by atoms with van der Waals surface area (Å²) in [6.07, 6.45) is -3.63. The predicted molar refractivity (Wildman–Crippen MR) is 48.9 cm³/mol. The highest BCUT2D eigenvalue weighted by molar-refractivity contribution is 5.84. The van der Waals surface area contributed by atoms with Gasteiger partial charge < -0.3 is 15.7 Å². The van der Waals surface area contributed by atoms with E-state index in [1.807, 2.05) is 0 Å². The average Bonchev–Trinajstić information content (AvgIpc) is 2.19. The molecule has 1 heterocycles. The Morgan fingerprint density at radius 1 is 1.50 bits per heavy atom. The van der Waals surface area contributed by atoms with Crippen molar-refractivity contribution in [2.75, 3.05) is 6.61 Å². The summed E-state index contributed by atoms with van der Waals surface area (Å²) >= 11 is 0. The number of nitrogens with one attached hydrogen (secondary N) is 1. The molecule has 0 aliphatic rings. The van der Waals surface area contributed by atoms with E-state index >= 15 is 0 Å². The minimum Gasteiger partial charge on any atom is -0.619 e. The summed E-state index contributed by atoms with van der Waals surface area (Å²) in [7, 11) is 0. The second kappa shape index (κ2) is 4.48. The fraction of sp³-hybridized carbons (Fsp3) is 0.333. The van der Waals surface area contributed by atoms with Gasteiger partial charge in [0.2, 0.25) is 0 Å². The van der Waals surface area contributed by atoms with E-state index in [0.29, 0.717) is 6.20 Å². The average molecular weight is 234 g/mol. The first kappa shape index (κ1) is 12.4. The van der Waals surface area contributed by atoms with Crippen molar-refractivity contribution in [3.8, 4) is 0 Å². The maximum absolute atomic E-state index is 12.5. The number of aliphatic hydroxyl groups excluding tert-OH is 1. The molecular weight excluding hydrogens is 225 g/mol. The van der Waals surface area contributed by atoms with Crippen LogP contribution in [0.1, 0.15) is 11.1 Å². The van der Waals surface area contributed by atoms with Crippen molar-refractivity contribution in [1.82, 2.24) is 0 Å². The van der Waals surface area contributed by atoms with Crippen LogP contribution in [-0.2, 0) is 12.6 Å². The number of hydrogen-bond donors (Lipinski definition) is 2. The zero-order valence-electron chi connectivity index (χ0n) is 8.08. The van der Waals surface area contributed by atoms with Crippen LogP contribution in [0.25, 0.3) is 0 Å². The molecule has 0 aromatic carbocycles. The van der Waals surface area contributed by atoms with Gasteiger partial charge in [0.05, 0.1) is 6.61 Å². The molecule has 0 fully saturated rings. The van der Waals surface area contributed by atoms with Gasteiger partial charge >= 0.3 is 6.18 Å². The highest BCUT2D eigenvalue weighted by Gasteiger charge is 2.36. The molecule has 0 unspecified atom stereocenters. The Hall–Kier alpha value is -1.63. The molecule has 0 aliphatic heterocycles. The van der Waals surface area contributed by atoms with Crippen LogP contribution in [0.15, 0.2) is 18.5 Å². The first-order valence-electron chi connectivity index (χ1n) is 4.30. The molecule has 7 heteroatoms. The number of pyridine rings is 1. The van der Waals surface area contributed by atoms with Crippen molar-refractivity contribution in [2.24, 2.45) is 0 Å². The van der Waals surface area contributed by atoms with Crippen LogP contribution in [0.2, 0.25) is 0 Å². The van der Waals surface area contributed by atoms with Gasteiger partial charge in [-0.15, -0.1) is 0 Å². The number of aromatic nitrogens is 1. The molecule has 88 valence electrons. The lowest BCUT2D eigenvalue weighted by molar-refractivity contribution is -0.606. The molecule has 1 aromatic heterocycles. The van der Waals surface area contributed by atoms with Crippen LogP contribution in [0, 0.1) is 10.6 Å². The van der Waals surface area contributed by atoms with E-state index in [-0.39, 0.29) is 22.4 Å². The number of rotatable bonds is 3. The fourth-order valence-corrected chi connectivity index (χ4v) is 1.20. The minimum absolute atomic E-state index is 0.0505. The molecule has 1 rings (SSSR count). The molecule has 0 aliphatic carbocycles. The van der Waals surface area contributed by atoms with Crippen molar-refractivity contribution in [3.63, 3.8) is 0 Å². The van der Waals surface area contributed by atoms with E-state index in [2.05, 4.69) is 0 Å². The molecule has 1 aromatic rings. The number of halogens is 3. The number of aliphatic hydroxyl groups is 1. The highest BCUT2D eigenvalue weighted by Crippen LogP contribution is 2.31. The van der Waals surface area contributed by atoms with Gasteiger partial charge in [-0.1, -0.05) is 0 Å². The molecule has 0 bridgehead atoms. The Balaban J connectivity index is 3.13. The molecule has 0 saturated heterocycles. The van der Waals surface area contributed by atoms with E-state index in [9.17, 15) is 18.4 Å². The summed E-state index contributed by atoms with van der Waals surface area (Å²) in [6, 6.07) is 1.00. The van der Waals surface area contributed by atoms with Gasteiger partial charge in [-0.25, -0.2) is 0 Å². The fourth-order valence-electron chi connectivity index (χ4n) is 1.20. The second-order valence-corrected chi connectivity index (χ2v) is 3.18. The SMILES string of the molecule is N=C(CO)Cc1cc[n+]([O-])cc1C(F)(F)F. The Morgan fingerprint density at radius 2 is 2.12 bits per heavy atom. The molecule has 4 nitrogen and oxygen atoms in total. The predicted octanol–water partition coefficient (Wildman–Crippen LogP) is 0.893. The normalized spacial score (nSPS) is 11.5. The third-order valence-corrected chi connectivity index (χ3v) is 1.93. The third kappa shape index (κ3) is 2.93. The van der Waals surface area contributed by atoms with Gasteiger partial charge in [-0.2, -0.15) is 17.9 Å². The minimum atomic E-state index is -4.64. The lowest BCUT2D eigenvalue weighted by atomic mass is 10.0. The third-order valence-electron chi connectivity index (χ3n) is 1.93. The van der Waals surface area contributed by atoms with Crippen LogP contribution in [0.3, 0.4) is 0 Å². The van der Waals surface area contributed by atoms with E-state index in [0.717, 1.165) is 12.3 Å². The van der Waals surface area contributed by atoms with Crippen LogP contribution in [0.5, 0.6) is 0 Å². The number of hydrogen-bond acceptors (Lipinski definition) is 3. The first-order valence-corrected chi connectivity index (χ1v) is 4.30. The smallest absolute Gasteiger partial charge is 0.422 e. The monoisotopic (exact) mass is 234 g/mol. The first-order chi connectivity index (χ1) is 7.34.